The van der Waals surface area contributed by atoms with Crippen molar-refractivity contribution < 1.29 is 4.79 Å². The van der Waals surface area contributed by atoms with Crippen LogP contribution in [0.4, 0.5) is 0 Å². The second-order valence-electron chi connectivity index (χ2n) is 6.08. The van der Waals surface area contributed by atoms with Gasteiger partial charge in [0.15, 0.2) is 0 Å². The van der Waals surface area contributed by atoms with E-state index in [-0.39, 0.29) is 18.0 Å². The number of hydrogen-bond acceptors (Lipinski definition) is 3. The molecule has 2 aromatic heterocycles. The highest BCUT2D eigenvalue weighted by Crippen LogP contribution is 2.36. The van der Waals surface area contributed by atoms with Crippen LogP contribution in [0.5, 0.6) is 0 Å². The summed E-state index contributed by atoms with van der Waals surface area (Å²) >= 11 is 0. The molecule has 1 fully saturated rings. The Balaban J connectivity index is 1.88. The molecule has 22 heavy (non-hydrogen) atoms. The standard InChI is InChI=1S/C16H23N5O/c1-11-15(12(2)19(4)18-11)14-6-5-8-21(14)16(22)13(3)20-9-7-17-10-20/h7,9-10,13-14H,5-6,8H2,1-4H3/t13-,14-/m1/s1. The van der Waals surface area contributed by atoms with Gasteiger partial charge in [-0.3, -0.25) is 9.48 Å². The Morgan fingerprint density at radius 1 is 1.41 bits per heavy atom. The minimum Gasteiger partial charge on any atom is -0.334 e. The van der Waals surface area contributed by atoms with Crippen LogP contribution in [0, 0.1) is 13.8 Å². The lowest BCUT2D eigenvalue weighted by atomic mass is 10.0. The van der Waals surface area contributed by atoms with Gasteiger partial charge in [-0.05, 0) is 33.6 Å². The van der Waals surface area contributed by atoms with Crippen LogP contribution in [0.25, 0.3) is 0 Å². The maximum atomic E-state index is 12.9. The molecule has 0 bridgehead atoms. The largest absolute Gasteiger partial charge is 0.334 e. The zero-order chi connectivity index (χ0) is 15.9. The zero-order valence-corrected chi connectivity index (χ0v) is 13.7. The van der Waals surface area contributed by atoms with Crippen LogP contribution in [0.1, 0.15) is 48.8 Å². The number of carbonyl (C=O) groups is 1. The molecule has 118 valence electrons. The van der Waals surface area contributed by atoms with Crippen molar-refractivity contribution in [3.63, 3.8) is 0 Å². The first-order chi connectivity index (χ1) is 10.5. The lowest BCUT2D eigenvalue weighted by Gasteiger charge is -2.28. The van der Waals surface area contributed by atoms with Gasteiger partial charge in [0, 0.05) is 37.2 Å². The van der Waals surface area contributed by atoms with Crippen molar-refractivity contribution in [2.24, 2.45) is 7.05 Å². The number of rotatable bonds is 3. The molecule has 0 unspecified atom stereocenters. The van der Waals surface area contributed by atoms with Gasteiger partial charge in [-0.15, -0.1) is 0 Å². The number of carbonyl (C=O) groups excluding carboxylic acids is 1. The third-order valence-electron chi connectivity index (χ3n) is 4.76. The minimum atomic E-state index is -0.222. The summed E-state index contributed by atoms with van der Waals surface area (Å²) < 4.78 is 3.77. The van der Waals surface area contributed by atoms with Gasteiger partial charge in [0.05, 0.1) is 18.1 Å². The smallest absolute Gasteiger partial charge is 0.245 e. The lowest BCUT2D eigenvalue weighted by molar-refractivity contribution is -0.135. The molecule has 3 rings (SSSR count). The fourth-order valence-electron chi connectivity index (χ4n) is 3.47. The number of nitrogens with zero attached hydrogens (tertiary/aromatic N) is 5. The summed E-state index contributed by atoms with van der Waals surface area (Å²) in [4.78, 5) is 19.0. The minimum absolute atomic E-state index is 0.146. The number of aromatic nitrogens is 4. The van der Waals surface area contributed by atoms with E-state index in [0.717, 1.165) is 30.8 Å². The summed E-state index contributed by atoms with van der Waals surface area (Å²) in [6.45, 7) is 6.86. The first kappa shape index (κ1) is 14.8. The Kier molecular flexibility index (Phi) is 3.76. The number of hydrogen-bond donors (Lipinski definition) is 0. The van der Waals surface area contributed by atoms with E-state index in [0.29, 0.717) is 0 Å². The molecule has 0 saturated carbocycles. The Labute approximate surface area is 130 Å². The Hall–Kier alpha value is -2.11. The van der Waals surface area contributed by atoms with Crippen LogP contribution in [0.15, 0.2) is 18.7 Å². The Morgan fingerprint density at radius 2 is 2.18 bits per heavy atom. The van der Waals surface area contributed by atoms with E-state index in [1.807, 2.05) is 41.2 Å². The number of aryl methyl sites for hydroxylation is 2. The van der Waals surface area contributed by atoms with Gasteiger partial charge in [-0.1, -0.05) is 0 Å². The van der Waals surface area contributed by atoms with E-state index in [4.69, 9.17) is 0 Å². The summed E-state index contributed by atoms with van der Waals surface area (Å²) in [5.74, 6) is 0.156. The number of imidazole rings is 1. The Bertz CT molecular complexity index is 673. The van der Waals surface area contributed by atoms with Crippen molar-refractivity contribution in [1.29, 1.82) is 0 Å². The highest BCUT2D eigenvalue weighted by atomic mass is 16.2. The molecule has 0 radical (unpaired) electrons. The van der Waals surface area contributed by atoms with Gasteiger partial charge in [0.1, 0.15) is 6.04 Å². The van der Waals surface area contributed by atoms with E-state index in [1.54, 1.807) is 12.5 Å². The average molecular weight is 301 g/mol. The summed E-state index contributed by atoms with van der Waals surface area (Å²) in [7, 11) is 1.96. The second kappa shape index (κ2) is 5.59. The van der Waals surface area contributed by atoms with Crippen molar-refractivity contribution in [2.75, 3.05) is 6.54 Å². The molecular formula is C16H23N5O. The predicted molar refractivity (Wildman–Crippen MR) is 83.3 cm³/mol. The Morgan fingerprint density at radius 3 is 2.77 bits per heavy atom. The first-order valence-corrected chi connectivity index (χ1v) is 7.78. The maximum Gasteiger partial charge on any atom is 0.245 e. The van der Waals surface area contributed by atoms with Crippen molar-refractivity contribution in [3.8, 4) is 0 Å². The van der Waals surface area contributed by atoms with E-state index in [2.05, 4.69) is 17.0 Å². The average Bonchev–Trinajstić information content (AvgIpc) is 3.20. The quantitative estimate of drug-likeness (QED) is 0.873. The molecule has 6 nitrogen and oxygen atoms in total. The summed E-state index contributed by atoms with van der Waals surface area (Å²) in [5.41, 5.74) is 3.39. The van der Waals surface area contributed by atoms with Crippen LogP contribution in [-0.2, 0) is 11.8 Å². The fourth-order valence-corrected chi connectivity index (χ4v) is 3.47. The molecular weight excluding hydrogens is 278 g/mol. The highest BCUT2D eigenvalue weighted by molar-refractivity contribution is 5.81. The number of likely N-dealkylation sites (tertiary alicyclic amines) is 1. The SMILES string of the molecule is Cc1nn(C)c(C)c1[C@H]1CCCN1C(=O)[C@@H](C)n1ccnc1. The van der Waals surface area contributed by atoms with E-state index >= 15 is 0 Å². The van der Waals surface area contributed by atoms with Crippen LogP contribution in [0.2, 0.25) is 0 Å². The van der Waals surface area contributed by atoms with Crippen molar-refractivity contribution in [1.82, 2.24) is 24.2 Å². The van der Waals surface area contributed by atoms with Crippen molar-refractivity contribution >= 4 is 5.91 Å². The normalized spacial score (nSPS) is 19.6. The molecule has 1 amide bonds. The van der Waals surface area contributed by atoms with Gasteiger partial charge in [0.25, 0.3) is 0 Å². The van der Waals surface area contributed by atoms with Gasteiger partial charge >= 0.3 is 0 Å². The number of amides is 1. The van der Waals surface area contributed by atoms with Gasteiger partial charge < -0.3 is 9.47 Å². The molecule has 0 aromatic carbocycles. The molecule has 0 aliphatic carbocycles. The molecule has 1 aliphatic rings. The van der Waals surface area contributed by atoms with Gasteiger partial charge in [-0.25, -0.2) is 4.98 Å². The van der Waals surface area contributed by atoms with Crippen LogP contribution in [-0.4, -0.2) is 36.7 Å². The molecule has 6 heteroatoms. The van der Waals surface area contributed by atoms with Crippen LogP contribution in [0.3, 0.4) is 0 Å². The topological polar surface area (TPSA) is 56.0 Å². The molecule has 2 atom stereocenters. The summed E-state index contributed by atoms with van der Waals surface area (Å²) in [6, 6.07) is -0.0763. The zero-order valence-electron chi connectivity index (χ0n) is 13.7. The van der Waals surface area contributed by atoms with Gasteiger partial charge in [0.2, 0.25) is 5.91 Å². The summed E-state index contributed by atoms with van der Waals surface area (Å²) in [6.07, 6.45) is 7.31. The molecule has 0 N–H and O–H groups in total. The third kappa shape index (κ3) is 2.32. The molecule has 1 aliphatic heterocycles. The van der Waals surface area contributed by atoms with E-state index < -0.39 is 0 Å². The first-order valence-electron chi connectivity index (χ1n) is 7.78. The van der Waals surface area contributed by atoms with E-state index in [9.17, 15) is 4.79 Å². The van der Waals surface area contributed by atoms with Crippen molar-refractivity contribution in [2.45, 2.75) is 45.7 Å². The van der Waals surface area contributed by atoms with Gasteiger partial charge in [-0.2, -0.15) is 5.10 Å². The second-order valence-corrected chi connectivity index (χ2v) is 6.08. The monoisotopic (exact) mass is 301 g/mol. The fraction of sp³-hybridized carbons (Fsp3) is 0.562. The van der Waals surface area contributed by atoms with E-state index in [1.165, 1.54) is 5.56 Å². The molecule has 2 aromatic rings. The highest BCUT2D eigenvalue weighted by Gasteiger charge is 2.35. The predicted octanol–water partition coefficient (Wildman–Crippen LogP) is 2.16. The summed E-state index contributed by atoms with van der Waals surface area (Å²) in [5, 5.41) is 4.51. The molecule has 0 spiro atoms. The van der Waals surface area contributed by atoms with Crippen LogP contribution < -0.4 is 0 Å². The molecule has 1 saturated heterocycles. The third-order valence-corrected chi connectivity index (χ3v) is 4.76. The van der Waals surface area contributed by atoms with Crippen LogP contribution >= 0.6 is 0 Å². The molecule has 3 heterocycles. The lowest BCUT2D eigenvalue weighted by Crippen LogP contribution is -2.36. The van der Waals surface area contributed by atoms with Crippen molar-refractivity contribution in [3.05, 3.63) is 35.7 Å². The maximum absolute atomic E-state index is 12.9.